The van der Waals surface area contributed by atoms with Crippen molar-refractivity contribution in [3.05, 3.63) is 36.0 Å². The Balaban J connectivity index is 0.00000210. The molecule has 0 radical (unpaired) electrons. The van der Waals surface area contributed by atoms with Crippen LogP contribution in [-0.4, -0.2) is 50.4 Å². The highest BCUT2D eigenvalue weighted by Gasteiger charge is 2.21. The first kappa shape index (κ1) is 19.1. The van der Waals surface area contributed by atoms with Crippen molar-refractivity contribution in [2.75, 3.05) is 25.6 Å². The summed E-state index contributed by atoms with van der Waals surface area (Å²) >= 11 is 0. The van der Waals surface area contributed by atoms with Crippen LogP contribution < -0.4 is 10.1 Å². The van der Waals surface area contributed by atoms with Gasteiger partial charge >= 0.3 is 0 Å². The van der Waals surface area contributed by atoms with Gasteiger partial charge in [0, 0.05) is 38.6 Å². The molecule has 1 N–H and O–H groups in total. The number of ether oxygens (including phenoxy) is 2. The molecular formula is C17H21ClN6O3. The van der Waals surface area contributed by atoms with E-state index in [1.54, 1.807) is 30.2 Å². The summed E-state index contributed by atoms with van der Waals surface area (Å²) < 4.78 is 14.2. The van der Waals surface area contributed by atoms with Crippen LogP contribution in [0.5, 0.6) is 5.88 Å². The van der Waals surface area contributed by atoms with Gasteiger partial charge in [0.2, 0.25) is 5.65 Å². The molecule has 0 atom stereocenters. The number of fused-ring (bicyclic) bond motifs is 1. The molecule has 4 heterocycles. The molecule has 0 bridgehead atoms. The average Bonchev–Trinajstić information content (AvgIpc) is 3.28. The quantitative estimate of drug-likeness (QED) is 0.730. The standard InChI is InChI=1S/C17H20N6O3.ClH/c1-22-6-3-12(21-22)16(24)19-14-10-23-9-13(11-4-7-26-8-5-11)18-15(23)17(20-14)25-2;/h3,6,9-11H,4-5,7-8H2,1-2H3,(H,19,24);1H. The molecule has 0 saturated carbocycles. The minimum absolute atomic E-state index is 0. The van der Waals surface area contributed by atoms with Gasteiger partial charge in [0.15, 0.2) is 11.5 Å². The van der Waals surface area contributed by atoms with Gasteiger partial charge < -0.3 is 14.8 Å². The van der Waals surface area contributed by atoms with Gasteiger partial charge in [-0.2, -0.15) is 10.1 Å². The number of carbonyl (C=O) groups excluding carboxylic acids is 1. The number of amides is 1. The second-order valence-electron chi connectivity index (χ2n) is 6.25. The zero-order chi connectivity index (χ0) is 18.1. The van der Waals surface area contributed by atoms with Crippen LogP contribution in [0.4, 0.5) is 5.82 Å². The molecule has 1 aliphatic heterocycles. The Morgan fingerprint density at radius 3 is 2.74 bits per heavy atom. The number of methoxy groups -OCH3 is 1. The number of aromatic nitrogens is 5. The maximum Gasteiger partial charge on any atom is 0.277 e. The zero-order valence-corrected chi connectivity index (χ0v) is 15.9. The van der Waals surface area contributed by atoms with Crippen molar-refractivity contribution in [2.24, 2.45) is 7.05 Å². The van der Waals surface area contributed by atoms with E-state index in [9.17, 15) is 4.79 Å². The Morgan fingerprint density at radius 1 is 1.30 bits per heavy atom. The highest BCUT2D eigenvalue weighted by atomic mass is 35.5. The molecule has 0 aromatic carbocycles. The Hall–Kier alpha value is -2.65. The van der Waals surface area contributed by atoms with Crippen LogP contribution in [0.15, 0.2) is 24.7 Å². The molecule has 0 unspecified atom stereocenters. The Kier molecular flexibility index (Phi) is 5.62. The molecule has 144 valence electrons. The molecule has 1 amide bonds. The van der Waals surface area contributed by atoms with Gasteiger partial charge in [0.25, 0.3) is 11.8 Å². The van der Waals surface area contributed by atoms with E-state index in [2.05, 4.69) is 20.4 Å². The molecular weight excluding hydrogens is 372 g/mol. The second-order valence-corrected chi connectivity index (χ2v) is 6.25. The van der Waals surface area contributed by atoms with Crippen LogP contribution in [0.3, 0.4) is 0 Å². The number of nitrogens with one attached hydrogen (secondary N) is 1. The number of hydrogen-bond acceptors (Lipinski definition) is 6. The summed E-state index contributed by atoms with van der Waals surface area (Å²) in [6.45, 7) is 1.50. The minimum atomic E-state index is -0.329. The lowest BCUT2D eigenvalue weighted by Gasteiger charge is -2.19. The number of nitrogens with zero attached hydrogens (tertiary/aromatic N) is 5. The van der Waals surface area contributed by atoms with Crippen LogP contribution in [0.1, 0.15) is 34.9 Å². The number of hydrogen-bond donors (Lipinski definition) is 1. The molecule has 0 spiro atoms. The Bertz CT molecular complexity index is 947. The first-order chi connectivity index (χ1) is 12.6. The van der Waals surface area contributed by atoms with E-state index in [-0.39, 0.29) is 18.3 Å². The van der Waals surface area contributed by atoms with Crippen LogP contribution >= 0.6 is 12.4 Å². The van der Waals surface area contributed by atoms with Crippen molar-refractivity contribution in [1.82, 2.24) is 24.1 Å². The Labute approximate surface area is 162 Å². The maximum absolute atomic E-state index is 12.3. The lowest BCUT2D eigenvalue weighted by molar-refractivity contribution is 0.0846. The smallest absolute Gasteiger partial charge is 0.277 e. The topological polar surface area (TPSA) is 95.6 Å². The summed E-state index contributed by atoms with van der Waals surface area (Å²) in [7, 11) is 3.29. The molecule has 10 heteroatoms. The molecule has 0 aliphatic carbocycles. The normalized spacial score (nSPS) is 14.7. The number of aryl methyl sites for hydroxylation is 1. The molecule has 3 aromatic rings. The lowest BCUT2D eigenvalue weighted by atomic mass is 9.97. The summed E-state index contributed by atoms with van der Waals surface area (Å²) in [4.78, 5) is 21.3. The monoisotopic (exact) mass is 392 g/mol. The third kappa shape index (κ3) is 3.88. The van der Waals surface area contributed by atoms with Crippen LogP contribution in [0, 0.1) is 0 Å². The summed E-state index contributed by atoms with van der Waals surface area (Å²) in [5.41, 5.74) is 1.94. The van der Waals surface area contributed by atoms with E-state index < -0.39 is 0 Å². The van der Waals surface area contributed by atoms with Crippen molar-refractivity contribution >= 4 is 29.8 Å². The predicted molar refractivity (Wildman–Crippen MR) is 101 cm³/mol. The zero-order valence-electron chi connectivity index (χ0n) is 15.1. The third-order valence-electron chi connectivity index (χ3n) is 4.45. The minimum Gasteiger partial charge on any atom is -0.478 e. The number of imidazole rings is 1. The van der Waals surface area contributed by atoms with E-state index in [1.165, 1.54) is 7.11 Å². The summed E-state index contributed by atoms with van der Waals surface area (Å²) in [5, 5.41) is 6.84. The summed E-state index contributed by atoms with van der Waals surface area (Å²) in [5.74, 6) is 0.771. The molecule has 27 heavy (non-hydrogen) atoms. The first-order valence-electron chi connectivity index (χ1n) is 8.46. The van der Waals surface area contributed by atoms with E-state index >= 15 is 0 Å². The number of carbonyl (C=O) groups is 1. The maximum atomic E-state index is 12.3. The number of anilines is 1. The highest BCUT2D eigenvalue weighted by molar-refractivity contribution is 6.02. The first-order valence-corrected chi connectivity index (χ1v) is 8.46. The van der Waals surface area contributed by atoms with Crippen molar-refractivity contribution in [3.63, 3.8) is 0 Å². The van der Waals surface area contributed by atoms with Gasteiger partial charge in [-0.15, -0.1) is 12.4 Å². The van der Waals surface area contributed by atoms with E-state index in [0.29, 0.717) is 29.0 Å². The SMILES string of the molecule is COc1nc(NC(=O)c2ccn(C)n2)cn2cc(C3CCOCC3)nc12.Cl. The van der Waals surface area contributed by atoms with Crippen LogP contribution in [0.25, 0.3) is 5.65 Å². The van der Waals surface area contributed by atoms with E-state index in [0.717, 1.165) is 31.7 Å². The van der Waals surface area contributed by atoms with Crippen molar-refractivity contribution in [3.8, 4) is 5.88 Å². The molecule has 1 aliphatic rings. The molecule has 1 fully saturated rings. The van der Waals surface area contributed by atoms with Crippen LogP contribution in [-0.2, 0) is 11.8 Å². The van der Waals surface area contributed by atoms with Gasteiger partial charge in [-0.1, -0.05) is 0 Å². The number of rotatable bonds is 4. The summed E-state index contributed by atoms with van der Waals surface area (Å²) in [6.07, 6.45) is 7.30. The van der Waals surface area contributed by atoms with Crippen LogP contribution in [0.2, 0.25) is 0 Å². The predicted octanol–water partition coefficient (Wildman–Crippen LogP) is 2.04. The van der Waals surface area contributed by atoms with Gasteiger partial charge in [0.05, 0.1) is 19.0 Å². The van der Waals surface area contributed by atoms with Crippen molar-refractivity contribution in [1.29, 1.82) is 0 Å². The lowest BCUT2D eigenvalue weighted by Crippen LogP contribution is -2.15. The fraction of sp³-hybridized carbons (Fsp3) is 0.412. The fourth-order valence-corrected chi connectivity index (χ4v) is 3.09. The van der Waals surface area contributed by atoms with Crippen molar-refractivity contribution in [2.45, 2.75) is 18.8 Å². The largest absolute Gasteiger partial charge is 0.478 e. The second kappa shape index (κ2) is 7.93. The van der Waals surface area contributed by atoms with E-state index in [1.807, 2.05) is 10.6 Å². The summed E-state index contributed by atoms with van der Waals surface area (Å²) in [6, 6.07) is 1.64. The molecule has 9 nitrogen and oxygen atoms in total. The van der Waals surface area contributed by atoms with Gasteiger partial charge in [-0.25, -0.2) is 4.98 Å². The third-order valence-corrected chi connectivity index (χ3v) is 4.45. The Morgan fingerprint density at radius 2 is 2.07 bits per heavy atom. The molecule has 3 aromatic heterocycles. The van der Waals surface area contributed by atoms with E-state index in [4.69, 9.17) is 9.47 Å². The fourth-order valence-electron chi connectivity index (χ4n) is 3.09. The highest BCUT2D eigenvalue weighted by Crippen LogP contribution is 2.28. The molecule has 1 saturated heterocycles. The van der Waals surface area contributed by atoms with Gasteiger partial charge in [-0.05, 0) is 18.9 Å². The molecule has 4 rings (SSSR count). The average molecular weight is 393 g/mol. The number of halogens is 1. The van der Waals surface area contributed by atoms with Crippen molar-refractivity contribution < 1.29 is 14.3 Å². The van der Waals surface area contributed by atoms with Gasteiger partial charge in [-0.3, -0.25) is 13.9 Å². The van der Waals surface area contributed by atoms with Gasteiger partial charge in [0.1, 0.15) is 0 Å².